The van der Waals surface area contributed by atoms with Gasteiger partial charge in [0.1, 0.15) is 0 Å². The number of nitrogens with two attached hydrogens (primary N) is 1. The van der Waals surface area contributed by atoms with Crippen LogP contribution in [-0.2, 0) is 0 Å². The predicted molar refractivity (Wildman–Crippen MR) is 80.0 cm³/mol. The van der Waals surface area contributed by atoms with Crippen molar-refractivity contribution in [2.75, 3.05) is 6.54 Å². The Morgan fingerprint density at radius 2 is 2.06 bits per heavy atom. The van der Waals surface area contributed by atoms with Crippen LogP contribution in [0.25, 0.3) is 0 Å². The van der Waals surface area contributed by atoms with Crippen molar-refractivity contribution in [2.45, 2.75) is 18.9 Å². The molecule has 1 unspecified atom stereocenters. The molecule has 1 aromatic carbocycles. The average molecular weight is 360 g/mol. The number of rotatable bonds is 2. The quantitative estimate of drug-likeness (QED) is 0.650. The maximum atomic E-state index is 12.3. The largest absolute Gasteiger partial charge is 0.392 e. The van der Waals surface area contributed by atoms with E-state index < -0.39 is 0 Å². The number of halogens is 1. The lowest BCUT2D eigenvalue weighted by atomic mass is 10.1. The number of thiocarbonyl (C=S) groups is 1. The molecule has 0 aromatic heterocycles. The van der Waals surface area contributed by atoms with Gasteiger partial charge in [0.25, 0.3) is 5.91 Å². The van der Waals surface area contributed by atoms with Gasteiger partial charge in [-0.3, -0.25) is 4.79 Å². The third-order valence-corrected chi connectivity index (χ3v) is 3.92. The van der Waals surface area contributed by atoms with E-state index in [1.165, 1.54) is 0 Å². The molecule has 2 rings (SSSR count). The second-order valence-corrected chi connectivity index (χ2v) is 5.78. The molecule has 90 valence electrons. The SMILES string of the molecule is NC(=S)C1CCCN1C(=O)c1ccc(I)cc1. The van der Waals surface area contributed by atoms with Crippen LogP contribution in [0.4, 0.5) is 0 Å². The topological polar surface area (TPSA) is 46.3 Å². The minimum atomic E-state index is -0.0724. The highest BCUT2D eigenvalue weighted by Crippen LogP contribution is 2.20. The summed E-state index contributed by atoms with van der Waals surface area (Å²) in [4.78, 5) is 14.5. The van der Waals surface area contributed by atoms with Gasteiger partial charge in [-0.2, -0.15) is 0 Å². The van der Waals surface area contributed by atoms with Gasteiger partial charge in [0.2, 0.25) is 0 Å². The predicted octanol–water partition coefficient (Wildman–Crippen LogP) is 2.18. The van der Waals surface area contributed by atoms with E-state index in [-0.39, 0.29) is 11.9 Å². The number of benzene rings is 1. The van der Waals surface area contributed by atoms with Crippen molar-refractivity contribution >= 4 is 45.7 Å². The lowest BCUT2D eigenvalue weighted by Crippen LogP contribution is -2.42. The van der Waals surface area contributed by atoms with Crippen LogP contribution in [0.3, 0.4) is 0 Å². The molecular formula is C12H13IN2OS. The first-order valence-electron chi connectivity index (χ1n) is 5.45. The molecule has 0 aliphatic carbocycles. The third-order valence-electron chi connectivity index (χ3n) is 2.93. The number of amides is 1. The summed E-state index contributed by atoms with van der Waals surface area (Å²) >= 11 is 7.22. The molecule has 1 aliphatic heterocycles. The molecule has 1 saturated heterocycles. The normalized spacial score (nSPS) is 19.4. The van der Waals surface area contributed by atoms with Crippen LogP contribution in [0.1, 0.15) is 23.2 Å². The monoisotopic (exact) mass is 360 g/mol. The summed E-state index contributed by atoms with van der Waals surface area (Å²) in [5, 5.41) is 0. The fourth-order valence-electron chi connectivity index (χ4n) is 2.06. The molecule has 0 saturated carbocycles. The molecule has 0 bridgehead atoms. The standard InChI is InChI=1S/C12H13IN2OS/c13-9-5-3-8(4-6-9)12(16)15-7-1-2-10(15)11(14)17/h3-6,10H,1-2,7H2,(H2,14,17). The first kappa shape index (κ1) is 12.8. The third kappa shape index (κ3) is 2.77. The zero-order valence-corrected chi connectivity index (χ0v) is 12.2. The van der Waals surface area contributed by atoms with Crippen molar-refractivity contribution in [3.63, 3.8) is 0 Å². The van der Waals surface area contributed by atoms with E-state index in [1.54, 1.807) is 4.90 Å². The van der Waals surface area contributed by atoms with Crippen LogP contribution >= 0.6 is 34.8 Å². The van der Waals surface area contributed by atoms with Crippen LogP contribution in [0.5, 0.6) is 0 Å². The fraction of sp³-hybridized carbons (Fsp3) is 0.333. The molecule has 1 aromatic rings. The first-order valence-corrected chi connectivity index (χ1v) is 6.94. The summed E-state index contributed by atoms with van der Waals surface area (Å²) in [5.41, 5.74) is 6.37. The highest BCUT2D eigenvalue weighted by Gasteiger charge is 2.30. The zero-order valence-electron chi connectivity index (χ0n) is 9.23. The Balaban J connectivity index is 2.19. The van der Waals surface area contributed by atoms with Gasteiger partial charge in [-0.25, -0.2) is 0 Å². The minimum absolute atomic E-state index is 0.0247. The highest BCUT2D eigenvalue weighted by molar-refractivity contribution is 14.1. The van der Waals surface area contributed by atoms with E-state index in [0.717, 1.165) is 23.0 Å². The van der Waals surface area contributed by atoms with Crippen LogP contribution in [0.15, 0.2) is 24.3 Å². The summed E-state index contributed by atoms with van der Waals surface area (Å²) in [6.07, 6.45) is 1.85. The van der Waals surface area contributed by atoms with Crippen molar-refractivity contribution < 1.29 is 4.79 Å². The Bertz CT molecular complexity index is 446. The fourth-order valence-corrected chi connectivity index (χ4v) is 2.67. The van der Waals surface area contributed by atoms with Gasteiger partial charge in [-0.1, -0.05) is 12.2 Å². The molecule has 1 atom stereocenters. The number of carbonyl (C=O) groups excluding carboxylic acids is 1. The van der Waals surface area contributed by atoms with Gasteiger partial charge >= 0.3 is 0 Å². The molecule has 3 nitrogen and oxygen atoms in total. The molecule has 1 aliphatic rings. The van der Waals surface area contributed by atoms with E-state index in [1.807, 2.05) is 24.3 Å². The van der Waals surface area contributed by atoms with Crippen molar-refractivity contribution in [1.29, 1.82) is 0 Å². The molecular weight excluding hydrogens is 347 g/mol. The number of hydrogen-bond acceptors (Lipinski definition) is 2. The summed E-state index contributed by atoms with van der Waals surface area (Å²) < 4.78 is 1.12. The summed E-state index contributed by atoms with van der Waals surface area (Å²) in [6.45, 7) is 0.743. The van der Waals surface area contributed by atoms with E-state index in [9.17, 15) is 4.79 Å². The second-order valence-electron chi connectivity index (χ2n) is 4.07. The Hall–Kier alpha value is -0.690. The van der Waals surface area contributed by atoms with Gasteiger partial charge in [0, 0.05) is 15.7 Å². The zero-order chi connectivity index (χ0) is 12.4. The van der Waals surface area contributed by atoms with E-state index in [0.29, 0.717) is 10.6 Å². The molecule has 17 heavy (non-hydrogen) atoms. The van der Waals surface area contributed by atoms with E-state index >= 15 is 0 Å². The average Bonchev–Trinajstić information content (AvgIpc) is 2.78. The first-order chi connectivity index (χ1) is 8.09. The molecule has 0 radical (unpaired) electrons. The minimum Gasteiger partial charge on any atom is -0.392 e. The molecule has 5 heteroatoms. The van der Waals surface area contributed by atoms with Crippen LogP contribution < -0.4 is 5.73 Å². The summed E-state index contributed by atoms with van der Waals surface area (Å²) in [7, 11) is 0. The Labute approximate surface area is 119 Å². The van der Waals surface area contributed by atoms with Gasteiger partial charge in [0.05, 0.1) is 11.0 Å². The maximum Gasteiger partial charge on any atom is 0.254 e. The Morgan fingerprint density at radius 3 is 2.65 bits per heavy atom. The number of nitrogens with zero attached hydrogens (tertiary/aromatic N) is 1. The maximum absolute atomic E-state index is 12.3. The Morgan fingerprint density at radius 1 is 1.41 bits per heavy atom. The van der Waals surface area contributed by atoms with Crippen molar-refractivity contribution in [1.82, 2.24) is 4.90 Å². The number of likely N-dealkylation sites (tertiary alicyclic amines) is 1. The summed E-state index contributed by atoms with van der Waals surface area (Å²) in [5.74, 6) is 0.0247. The number of hydrogen-bond donors (Lipinski definition) is 1. The molecule has 2 N–H and O–H groups in total. The molecule has 1 heterocycles. The van der Waals surface area contributed by atoms with E-state index in [4.69, 9.17) is 18.0 Å². The van der Waals surface area contributed by atoms with Gasteiger partial charge in [-0.05, 0) is 59.7 Å². The lowest BCUT2D eigenvalue weighted by molar-refractivity contribution is 0.0770. The molecule has 1 amide bonds. The van der Waals surface area contributed by atoms with Gasteiger partial charge in [-0.15, -0.1) is 0 Å². The van der Waals surface area contributed by atoms with Crippen LogP contribution in [-0.4, -0.2) is 28.4 Å². The van der Waals surface area contributed by atoms with Crippen molar-refractivity contribution in [3.05, 3.63) is 33.4 Å². The van der Waals surface area contributed by atoms with Crippen molar-refractivity contribution in [2.24, 2.45) is 5.73 Å². The van der Waals surface area contributed by atoms with Crippen molar-refractivity contribution in [3.8, 4) is 0 Å². The molecule has 1 fully saturated rings. The smallest absolute Gasteiger partial charge is 0.254 e. The summed E-state index contributed by atoms with van der Waals surface area (Å²) in [6, 6.07) is 7.48. The van der Waals surface area contributed by atoms with Gasteiger partial charge < -0.3 is 10.6 Å². The lowest BCUT2D eigenvalue weighted by Gasteiger charge is -2.23. The van der Waals surface area contributed by atoms with Crippen LogP contribution in [0.2, 0.25) is 0 Å². The van der Waals surface area contributed by atoms with Gasteiger partial charge in [0.15, 0.2) is 0 Å². The highest BCUT2D eigenvalue weighted by atomic mass is 127. The molecule has 0 spiro atoms. The second kappa shape index (κ2) is 5.30. The van der Waals surface area contributed by atoms with Crippen LogP contribution in [0, 0.1) is 3.57 Å². The number of carbonyl (C=O) groups is 1. The Kier molecular flexibility index (Phi) is 3.98. The van der Waals surface area contributed by atoms with E-state index in [2.05, 4.69) is 22.6 Å².